The fourth-order valence-corrected chi connectivity index (χ4v) is 3.52. The van der Waals surface area contributed by atoms with Gasteiger partial charge in [-0.25, -0.2) is 4.79 Å². The molecule has 1 heterocycles. The Kier molecular flexibility index (Phi) is 7.08. The molecule has 0 aliphatic rings. The van der Waals surface area contributed by atoms with Gasteiger partial charge in [0.15, 0.2) is 0 Å². The number of fused-ring (bicyclic) bond motifs is 1. The van der Waals surface area contributed by atoms with E-state index in [1.165, 1.54) is 0 Å². The minimum atomic E-state index is -0.704. The number of methoxy groups -OCH3 is 1. The molecule has 0 unspecified atom stereocenters. The van der Waals surface area contributed by atoms with Gasteiger partial charge in [0.05, 0.1) is 24.7 Å². The van der Waals surface area contributed by atoms with Crippen molar-refractivity contribution in [3.8, 4) is 22.6 Å². The van der Waals surface area contributed by atoms with E-state index in [4.69, 9.17) is 18.6 Å². The minimum absolute atomic E-state index is 0.146. The quantitative estimate of drug-likeness (QED) is 0.315. The van der Waals surface area contributed by atoms with Gasteiger partial charge in [-0.3, -0.25) is 4.79 Å². The number of carbonyl (C=O) groups excluding carboxylic acids is 1. The van der Waals surface area contributed by atoms with Crippen LogP contribution in [-0.2, 0) is 4.74 Å². The summed E-state index contributed by atoms with van der Waals surface area (Å²) >= 11 is 0. The first-order valence-corrected chi connectivity index (χ1v) is 10.9. The van der Waals surface area contributed by atoms with Crippen LogP contribution >= 0.6 is 0 Å². The maximum absolute atomic E-state index is 13.4. The SMILES string of the molecule is CCOC(=O)c1oc2cc(OCC=Cc3ccccc3)ccc2c(=O)c1-c1ccc(OC)cc1. The lowest BCUT2D eigenvalue weighted by Crippen LogP contribution is -2.15. The lowest BCUT2D eigenvalue weighted by Gasteiger charge is -2.11. The van der Waals surface area contributed by atoms with E-state index in [-0.39, 0.29) is 28.9 Å². The Labute approximate surface area is 197 Å². The first-order valence-electron chi connectivity index (χ1n) is 10.9. The molecule has 172 valence electrons. The average molecular weight is 456 g/mol. The van der Waals surface area contributed by atoms with Crippen LogP contribution in [0.2, 0.25) is 0 Å². The highest BCUT2D eigenvalue weighted by Crippen LogP contribution is 2.28. The van der Waals surface area contributed by atoms with Gasteiger partial charge < -0.3 is 18.6 Å². The zero-order valence-corrected chi connectivity index (χ0v) is 18.9. The molecule has 0 N–H and O–H groups in total. The fraction of sp³-hybridized carbons (Fsp3) is 0.143. The summed E-state index contributed by atoms with van der Waals surface area (Å²) < 4.78 is 22.0. The highest BCUT2D eigenvalue weighted by atomic mass is 16.5. The second-order valence-corrected chi connectivity index (χ2v) is 7.37. The zero-order chi connectivity index (χ0) is 23.9. The molecule has 6 heteroatoms. The van der Waals surface area contributed by atoms with Crippen molar-refractivity contribution in [1.29, 1.82) is 0 Å². The number of benzene rings is 3. The monoisotopic (exact) mass is 456 g/mol. The Bertz CT molecular complexity index is 1370. The molecular formula is C28H24O6. The van der Waals surface area contributed by atoms with Crippen LogP contribution in [0.25, 0.3) is 28.2 Å². The van der Waals surface area contributed by atoms with Crippen LogP contribution in [0.4, 0.5) is 0 Å². The molecule has 6 nitrogen and oxygen atoms in total. The third-order valence-electron chi connectivity index (χ3n) is 5.16. The number of ether oxygens (including phenoxy) is 3. The minimum Gasteiger partial charge on any atom is -0.497 e. The predicted molar refractivity (Wildman–Crippen MR) is 131 cm³/mol. The van der Waals surface area contributed by atoms with Gasteiger partial charge in [0, 0.05) is 6.07 Å². The summed E-state index contributed by atoms with van der Waals surface area (Å²) in [6, 6.07) is 21.7. The van der Waals surface area contributed by atoms with E-state index in [0.717, 1.165) is 5.56 Å². The molecule has 0 atom stereocenters. The molecule has 0 bridgehead atoms. The van der Waals surface area contributed by atoms with E-state index in [1.54, 1.807) is 56.5 Å². The Balaban J connectivity index is 1.68. The van der Waals surface area contributed by atoms with Gasteiger partial charge in [-0.15, -0.1) is 0 Å². The molecule has 1 aromatic heterocycles. The molecule has 3 aromatic carbocycles. The summed E-state index contributed by atoms with van der Waals surface area (Å²) in [5.41, 5.74) is 1.67. The average Bonchev–Trinajstić information content (AvgIpc) is 2.87. The van der Waals surface area contributed by atoms with Crippen molar-refractivity contribution >= 4 is 23.0 Å². The molecule has 0 fully saturated rings. The van der Waals surface area contributed by atoms with Crippen LogP contribution in [0.5, 0.6) is 11.5 Å². The molecule has 4 rings (SSSR count). The molecule has 0 aliphatic heterocycles. The van der Waals surface area contributed by atoms with Gasteiger partial charge >= 0.3 is 5.97 Å². The lowest BCUT2D eigenvalue weighted by atomic mass is 10.0. The Morgan fingerprint density at radius 1 is 0.971 bits per heavy atom. The maximum Gasteiger partial charge on any atom is 0.375 e. The van der Waals surface area contributed by atoms with Gasteiger partial charge in [0.25, 0.3) is 0 Å². The van der Waals surface area contributed by atoms with Crippen molar-refractivity contribution in [3.63, 3.8) is 0 Å². The molecule has 0 saturated carbocycles. The largest absolute Gasteiger partial charge is 0.497 e. The first kappa shape index (κ1) is 22.9. The molecule has 0 saturated heterocycles. The Morgan fingerprint density at radius 2 is 1.71 bits per heavy atom. The smallest absolute Gasteiger partial charge is 0.375 e. The maximum atomic E-state index is 13.4. The van der Waals surface area contributed by atoms with Gasteiger partial charge in [0.1, 0.15) is 23.7 Å². The van der Waals surface area contributed by atoms with E-state index in [2.05, 4.69) is 0 Å². The van der Waals surface area contributed by atoms with Crippen LogP contribution in [0, 0.1) is 0 Å². The van der Waals surface area contributed by atoms with Gasteiger partial charge in [0.2, 0.25) is 11.2 Å². The predicted octanol–water partition coefficient (Wildman–Crippen LogP) is 5.74. The van der Waals surface area contributed by atoms with Crippen molar-refractivity contribution in [2.45, 2.75) is 6.92 Å². The molecule has 0 amide bonds. The normalized spacial score (nSPS) is 11.0. The molecule has 34 heavy (non-hydrogen) atoms. The fourth-order valence-electron chi connectivity index (χ4n) is 3.52. The van der Waals surface area contributed by atoms with Gasteiger partial charge in [-0.2, -0.15) is 0 Å². The second kappa shape index (κ2) is 10.5. The molecule has 0 spiro atoms. The summed E-state index contributed by atoms with van der Waals surface area (Å²) in [4.78, 5) is 26.1. The number of carbonyl (C=O) groups is 1. The summed E-state index contributed by atoms with van der Waals surface area (Å²) in [5, 5.41) is 0.339. The number of rotatable bonds is 8. The molecule has 0 radical (unpaired) electrons. The van der Waals surface area contributed by atoms with Crippen molar-refractivity contribution in [2.24, 2.45) is 0 Å². The summed E-state index contributed by atoms with van der Waals surface area (Å²) in [5.74, 6) is 0.296. The Morgan fingerprint density at radius 3 is 2.41 bits per heavy atom. The lowest BCUT2D eigenvalue weighted by molar-refractivity contribution is 0.0492. The molecule has 0 aliphatic carbocycles. The molecular weight excluding hydrogens is 432 g/mol. The second-order valence-electron chi connectivity index (χ2n) is 7.37. The first-order chi connectivity index (χ1) is 16.6. The summed E-state index contributed by atoms with van der Waals surface area (Å²) in [6.07, 6.45) is 3.85. The van der Waals surface area contributed by atoms with Gasteiger partial charge in [-0.1, -0.05) is 48.5 Å². The third kappa shape index (κ3) is 5.02. The van der Waals surface area contributed by atoms with E-state index < -0.39 is 5.97 Å². The van der Waals surface area contributed by atoms with Crippen LogP contribution in [0.3, 0.4) is 0 Å². The van der Waals surface area contributed by atoms with E-state index in [1.807, 2.05) is 42.5 Å². The van der Waals surface area contributed by atoms with Crippen molar-refractivity contribution < 1.29 is 23.4 Å². The zero-order valence-electron chi connectivity index (χ0n) is 18.9. The number of hydrogen-bond acceptors (Lipinski definition) is 6. The van der Waals surface area contributed by atoms with Gasteiger partial charge in [-0.05, 0) is 48.4 Å². The van der Waals surface area contributed by atoms with Crippen LogP contribution in [-0.4, -0.2) is 26.3 Å². The van der Waals surface area contributed by atoms with Crippen molar-refractivity contribution in [1.82, 2.24) is 0 Å². The standard InChI is InChI=1S/C28H24O6/c1-3-32-28(30)27-25(20-11-13-21(31-2)14-12-20)26(29)23-16-15-22(18-24(23)34-27)33-17-7-10-19-8-5-4-6-9-19/h4-16,18H,3,17H2,1-2H3. The van der Waals surface area contributed by atoms with E-state index in [0.29, 0.717) is 29.1 Å². The van der Waals surface area contributed by atoms with Crippen LogP contribution in [0.15, 0.2) is 88.1 Å². The number of hydrogen-bond donors (Lipinski definition) is 0. The topological polar surface area (TPSA) is 75.0 Å². The van der Waals surface area contributed by atoms with Crippen molar-refractivity contribution in [3.05, 3.63) is 100 Å². The van der Waals surface area contributed by atoms with Crippen LogP contribution < -0.4 is 14.9 Å². The molecule has 4 aromatic rings. The number of esters is 1. The summed E-state index contributed by atoms with van der Waals surface area (Å²) in [6.45, 7) is 2.18. The Hall–Kier alpha value is -4.32. The summed E-state index contributed by atoms with van der Waals surface area (Å²) in [7, 11) is 1.56. The van der Waals surface area contributed by atoms with E-state index >= 15 is 0 Å². The van der Waals surface area contributed by atoms with Crippen molar-refractivity contribution in [2.75, 3.05) is 20.3 Å². The third-order valence-corrected chi connectivity index (χ3v) is 5.16. The highest BCUT2D eigenvalue weighted by Gasteiger charge is 2.23. The van der Waals surface area contributed by atoms with Crippen LogP contribution in [0.1, 0.15) is 23.0 Å². The highest BCUT2D eigenvalue weighted by molar-refractivity contribution is 5.97. The van der Waals surface area contributed by atoms with E-state index in [9.17, 15) is 9.59 Å².